The van der Waals surface area contributed by atoms with E-state index in [1.807, 2.05) is 18.2 Å². The molecular weight excluding hydrogens is 293 g/mol. The minimum absolute atomic E-state index is 0.0460. The number of nitrogens with zero attached hydrogens (tertiary/aromatic N) is 1. The predicted octanol–water partition coefficient (Wildman–Crippen LogP) is 4.21. The molecule has 5 heteroatoms. The van der Waals surface area contributed by atoms with Gasteiger partial charge in [0.1, 0.15) is 0 Å². The Balaban J connectivity index is 2.19. The highest BCUT2D eigenvalue weighted by Crippen LogP contribution is 2.38. The van der Waals surface area contributed by atoms with Gasteiger partial charge in [-0.05, 0) is 40.4 Å². The van der Waals surface area contributed by atoms with E-state index in [9.17, 15) is 0 Å². The fourth-order valence-corrected chi connectivity index (χ4v) is 3.06. The van der Waals surface area contributed by atoms with Gasteiger partial charge in [0.05, 0.1) is 22.2 Å². The maximum atomic E-state index is 6.10. The molecule has 0 aliphatic carbocycles. The molecule has 0 radical (unpaired) electrons. The lowest BCUT2D eigenvalue weighted by atomic mass is 9.80. The van der Waals surface area contributed by atoms with E-state index in [4.69, 9.17) is 14.3 Å². The van der Waals surface area contributed by atoms with Crippen molar-refractivity contribution in [2.24, 2.45) is 4.99 Å². The summed E-state index contributed by atoms with van der Waals surface area (Å²) < 4.78 is 12.2. The van der Waals surface area contributed by atoms with Crippen LogP contribution in [0.3, 0.4) is 0 Å². The van der Waals surface area contributed by atoms with Crippen LogP contribution in [0, 0.1) is 0 Å². The maximum Gasteiger partial charge on any atom is 0.483 e. The zero-order valence-electron chi connectivity index (χ0n) is 14.4. The van der Waals surface area contributed by atoms with E-state index in [1.165, 1.54) is 0 Å². The predicted molar refractivity (Wildman–Crippen MR) is 96.7 cm³/mol. The summed E-state index contributed by atoms with van der Waals surface area (Å²) >= 11 is 1.76. The Morgan fingerprint density at radius 1 is 1.14 bits per heavy atom. The van der Waals surface area contributed by atoms with Crippen LogP contribution in [0.4, 0.5) is 0 Å². The van der Waals surface area contributed by atoms with E-state index in [1.54, 1.807) is 11.8 Å². The Morgan fingerprint density at radius 2 is 1.68 bits per heavy atom. The zero-order chi connectivity index (χ0) is 16.4. The van der Waals surface area contributed by atoms with Crippen molar-refractivity contribution in [3.8, 4) is 0 Å². The van der Waals surface area contributed by atoms with E-state index in [0.717, 1.165) is 16.4 Å². The molecule has 1 heterocycles. The first kappa shape index (κ1) is 17.6. The average Bonchev–Trinajstić information content (AvgIpc) is 2.68. The van der Waals surface area contributed by atoms with Crippen molar-refractivity contribution >= 4 is 23.9 Å². The highest BCUT2D eigenvalue weighted by Gasteiger charge is 2.53. The summed E-state index contributed by atoms with van der Waals surface area (Å²) in [5.74, 6) is 0.944. The smallest absolute Gasteiger partial charge is 0.402 e. The quantitative estimate of drug-likeness (QED) is 0.473. The van der Waals surface area contributed by atoms with Crippen molar-refractivity contribution in [3.05, 3.63) is 35.9 Å². The molecule has 1 saturated heterocycles. The molecule has 1 fully saturated rings. The van der Waals surface area contributed by atoms with E-state index in [-0.39, 0.29) is 24.3 Å². The van der Waals surface area contributed by atoms with Crippen LogP contribution < -0.4 is 0 Å². The number of thioether (sulfide) groups is 1. The third kappa shape index (κ3) is 3.76. The van der Waals surface area contributed by atoms with Crippen LogP contribution in [-0.4, -0.2) is 35.1 Å². The Labute approximate surface area is 139 Å². The molecule has 1 aromatic rings. The lowest BCUT2D eigenvalue weighted by Gasteiger charge is -2.32. The fraction of sp³-hybridized carbons (Fsp3) is 0.588. The molecule has 22 heavy (non-hydrogen) atoms. The summed E-state index contributed by atoms with van der Waals surface area (Å²) in [6.07, 6.45) is 0. The molecule has 1 aliphatic heterocycles. The maximum absolute atomic E-state index is 6.10. The molecule has 0 N–H and O–H groups in total. The SMILES string of the molecule is CCSC(=NC(C)B1OC(C)(C)C(C)(C)O1)c1ccccc1. The van der Waals surface area contributed by atoms with Crippen LogP contribution in [0.5, 0.6) is 0 Å². The van der Waals surface area contributed by atoms with Crippen LogP contribution in [-0.2, 0) is 9.31 Å². The van der Waals surface area contributed by atoms with Gasteiger partial charge >= 0.3 is 7.12 Å². The van der Waals surface area contributed by atoms with E-state index < -0.39 is 0 Å². The van der Waals surface area contributed by atoms with Gasteiger partial charge in [0.15, 0.2) is 0 Å². The lowest BCUT2D eigenvalue weighted by molar-refractivity contribution is 0.00578. The standard InChI is InChI=1S/C17H26BNO2S/c1-7-22-15(14-11-9-8-10-12-14)19-13(2)18-20-16(3,4)17(5,6)21-18/h8-13H,7H2,1-6H3. The Kier molecular flexibility index (Phi) is 5.41. The number of hydrogen-bond acceptors (Lipinski definition) is 4. The van der Waals surface area contributed by atoms with Crippen molar-refractivity contribution in [1.29, 1.82) is 0 Å². The van der Waals surface area contributed by atoms with Gasteiger partial charge in [-0.2, -0.15) is 0 Å². The van der Waals surface area contributed by atoms with Crippen LogP contribution in [0.15, 0.2) is 35.3 Å². The largest absolute Gasteiger partial charge is 0.483 e. The van der Waals surface area contributed by atoms with Gasteiger partial charge in [0, 0.05) is 5.56 Å². The summed E-state index contributed by atoms with van der Waals surface area (Å²) in [5, 5.41) is 1.05. The van der Waals surface area contributed by atoms with Gasteiger partial charge in [0.2, 0.25) is 0 Å². The second-order valence-corrected chi connectivity index (χ2v) is 7.85. The second kappa shape index (κ2) is 6.77. The summed E-state index contributed by atoms with van der Waals surface area (Å²) in [5.41, 5.74) is 0.524. The fourth-order valence-electron chi connectivity index (χ4n) is 2.24. The van der Waals surface area contributed by atoms with Gasteiger partial charge in [-0.15, -0.1) is 11.8 Å². The molecule has 120 valence electrons. The van der Waals surface area contributed by atoms with Gasteiger partial charge in [-0.25, -0.2) is 0 Å². The molecule has 0 saturated carbocycles. The number of aliphatic imine (C=N–C) groups is 1. The summed E-state index contributed by atoms with van der Waals surface area (Å²) in [6, 6.07) is 10.3. The molecule has 3 nitrogen and oxygen atoms in total. The summed E-state index contributed by atoms with van der Waals surface area (Å²) in [7, 11) is -0.304. The zero-order valence-corrected chi connectivity index (χ0v) is 15.2. The molecule has 0 bridgehead atoms. The Morgan fingerprint density at radius 3 is 2.18 bits per heavy atom. The first-order valence-electron chi connectivity index (χ1n) is 7.88. The minimum atomic E-state index is -0.313. The monoisotopic (exact) mass is 319 g/mol. The van der Waals surface area contributed by atoms with Crippen molar-refractivity contribution in [1.82, 2.24) is 0 Å². The third-order valence-electron chi connectivity index (χ3n) is 4.29. The number of benzene rings is 1. The van der Waals surface area contributed by atoms with Crippen molar-refractivity contribution < 1.29 is 9.31 Å². The van der Waals surface area contributed by atoms with Gasteiger partial charge < -0.3 is 9.31 Å². The minimum Gasteiger partial charge on any atom is -0.402 e. The second-order valence-electron chi connectivity index (χ2n) is 6.60. The van der Waals surface area contributed by atoms with Gasteiger partial charge in [0.25, 0.3) is 0 Å². The van der Waals surface area contributed by atoms with Crippen LogP contribution >= 0.6 is 11.8 Å². The molecule has 0 aromatic heterocycles. The van der Waals surface area contributed by atoms with Gasteiger partial charge in [-0.3, -0.25) is 4.99 Å². The topological polar surface area (TPSA) is 30.8 Å². The van der Waals surface area contributed by atoms with Crippen molar-refractivity contribution in [2.75, 3.05) is 5.75 Å². The van der Waals surface area contributed by atoms with E-state index in [0.29, 0.717) is 0 Å². The number of rotatable bonds is 4. The van der Waals surface area contributed by atoms with Crippen LogP contribution in [0.1, 0.15) is 47.1 Å². The first-order valence-corrected chi connectivity index (χ1v) is 8.87. The molecule has 0 spiro atoms. The Hall–Kier alpha value is -0.775. The van der Waals surface area contributed by atoms with Crippen LogP contribution in [0.25, 0.3) is 0 Å². The average molecular weight is 319 g/mol. The van der Waals surface area contributed by atoms with Crippen LogP contribution in [0.2, 0.25) is 0 Å². The molecular formula is C17H26BNO2S. The molecule has 2 rings (SSSR count). The third-order valence-corrected chi connectivity index (χ3v) is 5.19. The summed E-state index contributed by atoms with van der Waals surface area (Å²) in [6.45, 7) is 12.5. The van der Waals surface area contributed by atoms with Crippen molar-refractivity contribution in [3.63, 3.8) is 0 Å². The molecule has 1 atom stereocenters. The summed E-state index contributed by atoms with van der Waals surface area (Å²) in [4.78, 5) is 4.88. The lowest BCUT2D eigenvalue weighted by Crippen LogP contribution is -2.41. The molecule has 1 aliphatic rings. The first-order chi connectivity index (χ1) is 10.3. The highest BCUT2D eigenvalue weighted by molar-refractivity contribution is 8.14. The Bertz CT molecular complexity index is 515. The van der Waals surface area contributed by atoms with E-state index >= 15 is 0 Å². The molecule has 1 aromatic carbocycles. The van der Waals surface area contributed by atoms with Gasteiger partial charge in [-0.1, -0.05) is 37.3 Å². The normalized spacial score (nSPS) is 21.9. The highest BCUT2D eigenvalue weighted by atomic mass is 32.2. The molecule has 1 unspecified atom stereocenters. The van der Waals surface area contributed by atoms with E-state index in [2.05, 4.69) is 53.7 Å². The molecule has 0 amide bonds. The van der Waals surface area contributed by atoms with Crippen molar-refractivity contribution in [2.45, 2.75) is 58.7 Å². The number of hydrogen-bond donors (Lipinski definition) is 0.